The topological polar surface area (TPSA) is 110 Å². The van der Waals surface area contributed by atoms with Gasteiger partial charge in [0, 0.05) is 6.42 Å². The Morgan fingerprint density at radius 1 is 1.47 bits per heavy atom. The van der Waals surface area contributed by atoms with E-state index in [0.717, 1.165) is 11.3 Å². The zero-order valence-electron chi connectivity index (χ0n) is 9.64. The Morgan fingerprint density at radius 2 is 2.26 bits per heavy atom. The molecule has 2 aromatic rings. The van der Waals surface area contributed by atoms with E-state index in [2.05, 4.69) is 10.1 Å². The maximum atomic E-state index is 11.9. The second-order valence-electron chi connectivity index (χ2n) is 3.69. The number of carboxylic acids is 1. The second-order valence-corrected chi connectivity index (χ2v) is 6.85. The number of aliphatic carboxylic acids is 1. The van der Waals surface area contributed by atoms with Crippen molar-refractivity contribution in [3.8, 4) is 0 Å². The lowest BCUT2D eigenvalue weighted by molar-refractivity contribution is -0.137. The summed E-state index contributed by atoms with van der Waals surface area (Å²) in [6.07, 6.45) is -0.0549. The minimum Gasteiger partial charge on any atom is -0.481 e. The van der Waals surface area contributed by atoms with E-state index in [4.69, 9.17) is 9.63 Å². The molecule has 0 aromatic carbocycles. The molecule has 7 nitrogen and oxygen atoms in total. The third kappa shape index (κ3) is 3.61. The lowest BCUT2D eigenvalue weighted by Gasteiger charge is -1.96. The third-order valence-electron chi connectivity index (χ3n) is 2.18. The van der Waals surface area contributed by atoms with Gasteiger partial charge >= 0.3 is 5.97 Å². The van der Waals surface area contributed by atoms with E-state index in [1.807, 2.05) is 0 Å². The van der Waals surface area contributed by atoms with Crippen LogP contribution in [0.1, 0.15) is 18.1 Å². The summed E-state index contributed by atoms with van der Waals surface area (Å²) in [5.74, 6) is -1.18. The molecule has 102 valence electrons. The van der Waals surface area contributed by atoms with Gasteiger partial charge in [-0.05, 0) is 11.4 Å². The highest BCUT2D eigenvalue weighted by Crippen LogP contribution is 2.20. The Hall–Kier alpha value is -1.74. The molecule has 0 aliphatic rings. The standard InChI is InChI=1S/C10H10N2O5S2/c13-9(14)4-3-8-11-7(12-17-8)6-19(15,16)10-2-1-5-18-10/h1-2,5H,3-4,6H2,(H,13,14). The molecule has 0 aliphatic carbocycles. The molecule has 0 fully saturated rings. The molecular weight excluding hydrogens is 292 g/mol. The quantitative estimate of drug-likeness (QED) is 0.851. The van der Waals surface area contributed by atoms with Crippen molar-refractivity contribution in [2.75, 3.05) is 0 Å². The SMILES string of the molecule is O=C(O)CCc1nc(CS(=O)(=O)c2cccs2)no1. The van der Waals surface area contributed by atoms with Crippen molar-refractivity contribution >= 4 is 27.1 Å². The van der Waals surface area contributed by atoms with Crippen LogP contribution in [0, 0.1) is 0 Å². The fraction of sp³-hybridized carbons (Fsp3) is 0.300. The van der Waals surface area contributed by atoms with Crippen LogP contribution in [0.4, 0.5) is 0 Å². The lowest BCUT2D eigenvalue weighted by Crippen LogP contribution is -2.04. The second kappa shape index (κ2) is 5.49. The summed E-state index contributed by atoms with van der Waals surface area (Å²) in [5, 5.41) is 13.7. The minimum atomic E-state index is -3.47. The number of hydrogen-bond donors (Lipinski definition) is 1. The van der Waals surface area contributed by atoms with Crippen molar-refractivity contribution in [1.82, 2.24) is 10.1 Å². The van der Waals surface area contributed by atoms with Crippen molar-refractivity contribution in [3.05, 3.63) is 29.2 Å². The number of carboxylic acid groups (broad SMARTS) is 1. The molecular formula is C10H10N2O5S2. The highest BCUT2D eigenvalue weighted by Gasteiger charge is 2.20. The zero-order chi connectivity index (χ0) is 13.9. The summed E-state index contributed by atoms with van der Waals surface area (Å²) >= 11 is 1.12. The van der Waals surface area contributed by atoms with Crippen LogP contribution in [0.3, 0.4) is 0 Å². The van der Waals surface area contributed by atoms with Crippen molar-refractivity contribution in [3.63, 3.8) is 0 Å². The molecule has 9 heteroatoms. The van der Waals surface area contributed by atoms with Gasteiger partial charge in [0.1, 0.15) is 9.96 Å². The van der Waals surface area contributed by atoms with E-state index in [1.165, 1.54) is 6.07 Å². The molecule has 0 unspecified atom stereocenters. The van der Waals surface area contributed by atoms with E-state index in [1.54, 1.807) is 11.4 Å². The maximum absolute atomic E-state index is 11.9. The third-order valence-corrected chi connectivity index (χ3v) is 5.28. The first-order chi connectivity index (χ1) is 8.97. The molecule has 2 aromatic heterocycles. The van der Waals surface area contributed by atoms with E-state index in [0.29, 0.717) is 0 Å². The first-order valence-corrected chi connectivity index (χ1v) is 7.80. The monoisotopic (exact) mass is 302 g/mol. The summed E-state index contributed by atoms with van der Waals surface area (Å²) in [6, 6.07) is 3.15. The van der Waals surface area contributed by atoms with Gasteiger partial charge in [-0.2, -0.15) is 4.98 Å². The number of carbonyl (C=O) groups is 1. The predicted molar refractivity (Wildman–Crippen MR) is 65.5 cm³/mol. The van der Waals surface area contributed by atoms with E-state index < -0.39 is 15.8 Å². The molecule has 0 saturated heterocycles. The van der Waals surface area contributed by atoms with Crippen LogP contribution in [0.25, 0.3) is 0 Å². The number of nitrogens with zero attached hydrogens (tertiary/aromatic N) is 2. The van der Waals surface area contributed by atoms with Crippen molar-refractivity contribution in [1.29, 1.82) is 0 Å². The summed E-state index contributed by atoms with van der Waals surface area (Å²) in [5.41, 5.74) is 0. The Morgan fingerprint density at radius 3 is 2.89 bits per heavy atom. The number of sulfone groups is 1. The molecule has 0 atom stereocenters. The Kier molecular flexibility index (Phi) is 3.96. The Bertz CT molecular complexity index is 660. The highest BCUT2D eigenvalue weighted by molar-refractivity contribution is 7.92. The van der Waals surface area contributed by atoms with Gasteiger partial charge in [-0.15, -0.1) is 11.3 Å². The molecule has 0 amide bonds. The minimum absolute atomic E-state index is 0.0359. The smallest absolute Gasteiger partial charge is 0.303 e. The largest absolute Gasteiger partial charge is 0.481 e. The summed E-state index contributed by atoms with van der Waals surface area (Å²) in [4.78, 5) is 14.2. The molecule has 0 bridgehead atoms. The number of hydrogen-bond acceptors (Lipinski definition) is 7. The molecule has 0 radical (unpaired) electrons. The lowest BCUT2D eigenvalue weighted by atomic mass is 10.3. The summed E-state index contributed by atoms with van der Waals surface area (Å²) in [7, 11) is -3.47. The van der Waals surface area contributed by atoms with Crippen LogP contribution in [-0.4, -0.2) is 29.6 Å². The summed E-state index contributed by atoms with van der Waals surface area (Å²) in [6.45, 7) is 0. The van der Waals surface area contributed by atoms with Crippen molar-refractivity contribution < 1.29 is 22.8 Å². The Labute approximate surface area is 112 Å². The van der Waals surface area contributed by atoms with Crippen LogP contribution in [0.5, 0.6) is 0 Å². The fourth-order valence-electron chi connectivity index (χ4n) is 1.35. The molecule has 2 heterocycles. The average Bonchev–Trinajstić information content (AvgIpc) is 2.96. The van der Waals surface area contributed by atoms with Crippen LogP contribution in [-0.2, 0) is 26.8 Å². The maximum Gasteiger partial charge on any atom is 0.303 e. The highest BCUT2D eigenvalue weighted by atomic mass is 32.2. The Balaban J connectivity index is 2.06. The molecule has 0 spiro atoms. The van der Waals surface area contributed by atoms with Gasteiger partial charge in [0.05, 0.1) is 6.42 Å². The first-order valence-electron chi connectivity index (χ1n) is 5.27. The number of rotatable bonds is 6. The van der Waals surface area contributed by atoms with E-state index in [9.17, 15) is 13.2 Å². The zero-order valence-corrected chi connectivity index (χ0v) is 11.3. The summed E-state index contributed by atoms with van der Waals surface area (Å²) < 4.78 is 28.9. The van der Waals surface area contributed by atoms with Crippen LogP contribution >= 0.6 is 11.3 Å². The van der Waals surface area contributed by atoms with Gasteiger partial charge in [-0.3, -0.25) is 4.79 Å². The van der Waals surface area contributed by atoms with E-state index in [-0.39, 0.29) is 34.5 Å². The number of thiophene rings is 1. The first kappa shape index (κ1) is 13.7. The molecule has 1 N–H and O–H groups in total. The van der Waals surface area contributed by atoms with Gasteiger partial charge in [0.2, 0.25) is 5.89 Å². The van der Waals surface area contributed by atoms with Gasteiger partial charge in [-0.25, -0.2) is 8.42 Å². The van der Waals surface area contributed by atoms with E-state index >= 15 is 0 Å². The van der Waals surface area contributed by atoms with Crippen molar-refractivity contribution in [2.45, 2.75) is 22.8 Å². The molecule has 0 saturated carbocycles. The average molecular weight is 302 g/mol. The van der Waals surface area contributed by atoms with Gasteiger partial charge in [0.15, 0.2) is 15.7 Å². The number of aromatic nitrogens is 2. The van der Waals surface area contributed by atoms with Crippen molar-refractivity contribution in [2.24, 2.45) is 0 Å². The van der Waals surface area contributed by atoms with Crippen LogP contribution in [0.2, 0.25) is 0 Å². The molecule has 19 heavy (non-hydrogen) atoms. The van der Waals surface area contributed by atoms with Gasteiger partial charge < -0.3 is 9.63 Å². The molecule has 0 aliphatic heterocycles. The normalized spacial score (nSPS) is 11.6. The predicted octanol–water partition coefficient (Wildman–Crippen LogP) is 1.12. The fourth-order valence-corrected chi connectivity index (χ4v) is 3.61. The van der Waals surface area contributed by atoms with Crippen LogP contribution in [0.15, 0.2) is 26.2 Å². The van der Waals surface area contributed by atoms with Crippen LogP contribution < -0.4 is 0 Å². The number of aryl methyl sites for hydroxylation is 1. The van der Waals surface area contributed by atoms with Gasteiger partial charge in [0.25, 0.3) is 0 Å². The van der Waals surface area contributed by atoms with Gasteiger partial charge in [-0.1, -0.05) is 11.2 Å². The molecule has 2 rings (SSSR count).